The van der Waals surface area contributed by atoms with Crippen LogP contribution >= 0.6 is 27.5 Å². The normalized spacial score (nSPS) is 13.7. The molecule has 0 saturated heterocycles. The second kappa shape index (κ2) is 4.90. The van der Waals surface area contributed by atoms with Gasteiger partial charge in [-0.15, -0.1) is 0 Å². The van der Waals surface area contributed by atoms with E-state index < -0.39 is 0 Å². The Labute approximate surface area is 102 Å². The van der Waals surface area contributed by atoms with E-state index in [1.54, 1.807) is 6.07 Å². The van der Waals surface area contributed by atoms with Crippen LogP contribution < -0.4 is 9.47 Å². The van der Waals surface area contributed by atoms with Crippen molar-refractivity contribution in [2.24, 2.45) is 0 Å². The highest BCUT2D eigenvalue weighted by molar-refractivity contribution is 9.09. The molecule has 0 aliphatic carbocycles. The summed E-state index contributed by atoms with van der Waals surface area (Å²) >= 11 is 9.45. The van der Waals surface area contributed by atoms with Crippen molar-refractivity contribution in [2.45, 2.75) is 6.42 Å². The van der Waals surface area contributed by atoms with Gasteiger partial charge in [-0.25, -0.2) is 0 Å². The molecule has 0 fully saturated rings. The highest BCUT2D eigenvalue weighted by atomic mass is 79.9. The zero-order chi connectivity index (χ0) is 10.7. The Morgan fingerprint density at radius 1 is 1.33 bits per heavy atom. The smallest absolute Gasteiger partial charge is 0.231 e. The number of halogens is 2. The lowest BCUT2D eigenvalue weighted by Crippen LogP contribution is -1.92. The average molecular weight is 290 g/mol. The van der Waals surface area contributed by atoms with Crippen LogP contribution in [-0.4, -0.2) is 12.1 Å². The molecule has 0 unspecified atom stereocenters. The first-order chi connectivity index (χ1) is 7.31. The molecule has 1 heterocycles. The minimum atomic E-state index is 0.278. The third-order valence-corrected chi connectivity index (χ3v) is 2.85. The van der Waals surface area contributed by atoms with Gasteiger partial charge in [-0.3, -0.25) is 0 Å². The molecular weight excluding hydrogens is 279 g/mol. The number of allylic oxidation sites excluding steroid dienone is 1. The Bertz CT molecular complexity index is 390. The van der Waals surface area contributed by atoms with Gasteiger partial charge in [0.15, 0.2) is 11.5 Å². The van der Waals surface area contributed by atoms with Gasteiger partial charge in [0.2, 0.25) is 6.79 Å². The molecule has 15 heavy (non-hydrogen) atoms. The van der Waals surface area contributed by atoms with Crippen molar-refractivity contribution < 1.29 is 9.47 Å². The number of hydrogen-bond donors (Lipinski definition) is 0. The Morgan fingerprint density at radius 3 is 2.80 bits per heavy atom. The van der Waals surface area contributed by atoms with Crippen molar-refractivity contribution in [1.82, 2.24) is 0 Å². The summed E-state index contributed by atoms with van der Waals surface area (Å²) < 4.78 is 10.5. The maximum absolute atomic E-state index is 6.09. The highest BCUT2D eigenvalue weighted by Crippen LogP contribution is 2.37. The van der Waals surface area contributed by atoms with E-state index >= 15 is 0 Å². The van der Waals surface area contributed by atoms with Crippen LogP contribution in [-0.2, 0) is 0 Å². The maximum atomic E-state index is 6.09. The Hall–Kier alpha value is -0.670. The van der Waals surface area contributed by atoms with Crippen LogP contribution in [0.4, 0.5) is 0 Å². The summed E-state index contributed by atoms with van der Waals surface area (Å²) in [6.07, 6.45) is 5.04. The standard InChI is InChI=1S/C11H10BrClO2/c12-4-2-1-3-8-5-10-11(6-9(8)13)15-7-14-10/h1,3,5-6H,2,4,7H2. The zero-order valence-corrected chi connectivity index (χ0v) is 10.3. The van der Waals surface area contributed by atoms with Crippen LogP contribution in [0.3, 0.4) is 0 Å². The third-order valence-electron chi connectivity index (χ3n) is 2.07. The summed E-state index contributed by atoms with van der Waals surface area (Å²) in [6, 6.07) is 3.69. The first-order valence-electron chi connectivity index (χ1n) is 4.63. The number of fused-ring (bicyclic) bond motifs is 1. The summed E-state index contributed by atoms with van der Waals surface area (Å²) in [7, 11) is 0. The van der Waals surface area contributed by atoms with Gasteiger partial charge in [0, 0.05) is 11.4 Å². The van der Waals surface area contributed by atoms with Crippen molar-refractivity contribution in [3.63, 3.8) is 0 Å². The van der Waals surface area contributed by atoms with Gasteiger partial charge < -0.3 is 9.47 Å². The molecule has 80 valence electrons. The van der Waals surface area contributed by atoms with Crippen molar-refractivity contribution in [3.8, 4) is 11.5 Å². The molecule has 1 aromatic rings. The van der Waals surface area contributed by atoms with E-state index in [-0.39, 0.29) is 6.79 Å². The molecule has 0 radical (unpaired) electrons. The van der Waals surface area contributed by atoms with E-state index in [2.05, 4.69) is 22.0 Å². The maximum Gasteiger partial charge on any atom is 0.231 e. The van der Waals surface area contributed by atoms with Gasteiger partial charge >= 0.3 is 0 Å². The number of hydrogen-bond acceptors (Lipinski definition) is 2. The van der Waals surface area contributed by atoms with Gasteiger partial charge in [0.25, 0.3) is 0 Å². The van der Waals surface area contributed by atoms with E-state index in [0.29, 0.717) is 5.02 Å². The van der Waals surface area contributed by atoms with Crippen LogP contribution in [0.2, 0.25) is 5.02 Å². The number of ether oxygens (including phenoxy) is 2. The summed E-state index contributed by atoms with van der Waals surface area (Å²) in [5.41, 5.74) is 0.960. The minimum absolute atomic E-state index is 0.278. The Balaban J connectivity index is 2.24. The Kier molecular flexibility index (Phi) is 3.54. The fourth-order valence-corrected chi connectivity index (χ4v) is 1.81. The van der Waals surface area contributed by atoms with E-state index in [0.717, 1.165) is 28.8 Å². The lowest BCUT2D eigenvalue weighted by molar-refractivity contribution is 0.174. The van der Waals surface area contributed by atoms with E-state index in [1.807, 2.05) is 12.1 Å². The SMILES string of the molecule is Clc1cc2c(cc1C=CCCBr)OCO2. The van der Waals surface area contributed by atoms with E-state index in [1.165, 1.54) is 0 Å². The average Bonchev–Trinajstić information content (AvgIpc) is 2.65. The summed E-state index contributed by atoms with van der Waals surface area (Å²) in [5, 5.41) is 1.64. The molecule has 2 nitrogen and oxygen atoms in total. The number of benzene rings is 1. The topological polar surface area (TPSA) is 18.5 Å². The minimum Gasteiger partial charge on any atom is -0.454 e. The largest absolute Gasteiger partial charge is 0.454 e. The molecule has 0 aromatic heterocycles. The zero-order valence-electron chi connectivity index (χ0n) is 8.00. The van der Waals surface area contributed by atoms with Crippen LogP contribution in [0, 0.1) is 0 Å². The molecule has 0 amide bonds. The third kappa shape index (κ3) is 2.47. The predicted octanol–water partition coefficient (Wildman–Crippen LogP) is 3.87. The van der Waals surface area contributed by atoms with Crippen molar-refractivity contribution in [1.29, 1.82) is 0 Å². The molecule has 1 aliphatic rings. The lowest BCUT2D eigenvalue weighted by atomic mass is 10.2. The molecule has 0 saturated carbocycles. The first kappa shape index (κ1) is 10.8. The fourth-order valence-electron chi connectivity index (χ4n) is 1.33. The molecule has 0 atom stereocenters. The van der Waals surface area contributed by atoms with Gasteiger partial charge in [0.1, 0.15) is 0 Å². The van der Waals surface area contributed by atoms with E-state index in [4.69, 9.17) is 21.1 Å². The summed E-state index contributed by atoms with van der Waals surface area (Å²) in [6.45, 7) is 0.278. The van der Waals surface area contributed by atoms with Crippen molar-refractivity contribution in [3.05, 3.63) is 28.8 Å². The quantitative estimate of drug-likeness (QED) is 0.787. The van der Waals surface area contributed by atoms with Crippen LogP contribution in [0.15, 0.2) is 18.2 Å². The summed E-state index contributed by atoms with van der Waals surface area (Å²) in [4.78, 5) is 0. The van der Waals surface area contributed by atoms with Crippen LogP contribution in [0.1, 0.15) is 12.0 Å². The molecular formula is C11H10BrClO2. The molecule has 1 aromatic carbocycles. The van der Waals surface area contributed by atoms with Gasteiger partial charge in [-0.1, -0.05) is 39.7 Å². The molecule has 4 heteroatoms. The first-order valence-corrected chi connectivity index (χ1v) is 6.13. The fraction of sp³-hybridized carbons (Fsp3) is 0.273. The van der Waals surface area contributed by atoms with Crippen molar-refractivity contribution in [2.75, 3.05) is 12.1 Å². The molecule has 0 spiro atoms. The monoisotopic (exact) mass is 288 g/mol. The van der Waals surface area contributed by atoms with Gasteiger partial charge in [-0.05, 0) is 18.1 Å². The van der Waals surface area contributed by atoms with Crippen LogP contribution in [0.25, 0.3) is 6.08 Å². The number of alkyl halides is 1. The van der Waals surface area contributed by atoms with E-state index in [9.17, 15) is 0 Å². The second-order valence-corrected chi connectivity index (χ2v) is 4.31. The molecule has 0 N–H and O–H groups in total. The van der Waals surface area contributed by atoms with Crippen LogP contribution in [0.5, 0.6) is 11.5 Å². The molecule has 2 rings (SSSR count). The second-order valence-electron chi connectivity index (χ2n) is 3.11. The predicted molar refractivity (Wildman–Crippen MR) is 65.0 cm³/mol. The summed E-state index contributed by atoms with van der Waals surface area (Å²) in [5.74, 6) is 1.48. The van der Waals surface area contributed by atoms with Gasteiger partial charge in [-0.2, -0.15) is 0 Å². The molecule has 1 aliphatic heterocycles. The van der Waals surface area contributed by atoms with Crippen molar-refractivity contribution >= 4 is 33.6 Å². The highest BCUT2D eigenvalue weighted by Gasteiger charge is 2.15. The lowest BCUT2D eigenvalue weighted by Gasteiger charge is -2.01. The Morgan fingerprint density at radius 2 is 2.07 bits per heavy atom. The number of rotatable bonds is 3. The van der Waals surface area contributed by atoms with Gasteiger partial charge in [0.05, 0.1) is 5.02 Å². The molecule has 0 bridgehead atoms.